The summed E-state index contributed by atoms with van der Waals surface area (Å²) in [6.07, 6.45) is 2.60. The fourth-order valence-corrected chi connectivity index (χ4v) is 1.72. The molecule has 2 aromatic rings. The summed E-state index contributed by atoms with van der Waals surface area (Å²) in [6, 6.07) is 0. The van der Waals surface area contributed by atoms with Crippen molar-refractivity contribution in [3.63, 3.8) is 0 Å². The van der Waals surface area contributed by atoms with Gasteiger partial charge in [-0.1, -0.05) is 13.8 Å². The first-order chi connectivity index (χ1) is 7.59. The van der Waals surface area contributed by atoms with Gasteiger partial charge in [0.25, 0.3) is 0 Å². The van der Waals surface area contributed by atoms with Crippen molar-refractivity contribution in [3.8, 4) is 0 Å². The average molecular weight is 219 g/mol. The Kier molecular flexibility index (Phi) is 2.77. The zero-order valence-corrected chi connectivity index (χ0v) is 9.94. The maximum atomic E-state index is 5.77. The van der Waals surface area contributed by atoms with Gasteiger partial charge in [0.2, 0.25) is 0 Å². The van der Waals surface area contributed by atoms with E-state index in [1.54, 1.807) is 0 Å². The number of nitrogens with two attached hydrogens (primary N) is 1. The predicted octanol–water partition coefficient (Wildman–Crippen LogP) is 1.76. The molecule has 0 unspecified atom stereocenters. The summed E-state index contributed by atoms with van der Waals surface area (Å²) >= 11 is 0. The van der Waals surface area contributed by atoms with Crippen LogP contribution in [0.4, 0.5) is 5.82 Å². The molecule has 0 saturated carbocycles. The van der Waals surface area contributed by atoms with E-state index in [2.05, 4.69) is 33.4 Å². The van der Waals surface area contributed by atoms with E-state index in [0.717, 1.165) is 24.4 Å². The van der Waals surface area contributed by atoms with Crippen molar-refractivity contribution in [3.05, 3.63) is 12.2 Å². The Morgan fingerprint density at radius 2 is 2.12 bits per heavy atom. The van der Waals surface area contributed by atoms with Crippen molar-refractivity contribution in [2.24, 2.45) is 5.92 Å². The monoisotopic (exact) mass is 219 g/mol. The van der Waals surface area contributed by atoms with E-state index in [4.69, 9.17) is 5.73 Å². The Bertz CT molecular complexity index is 500. The molecule has 5 nitrogen and oxygen atoms in total. The first-order valence-electron chi connectivity index (χ1n) is 5.53. The van der Waals surface area contributed by atoms with E-state index in [9.17, 15) is 0 Å². The van der Waals surface area contributed by atoms with Gasteiger partial charge in [-0.15, -0.1) is 0 Å². The fourth-order valence-electron chi connectivity index (χ4n) is 1.72. The highest BCUT2D eigenvalue weighted by atomic mass is 15.1. The van der Waals surface area contributed by atoms with E-state index in [0.29, 0.717) is 17.3 Å². The average Bonchev–Trinajstić information content (AvgIpc) is 2.53. The third-order valence-electron chi connectivity index (χ3n) is 2.68. The Balaban J connectivity index is 2.44. The summed E-state index contributed by atoms with van der Waals surface area (Å²) in [6.45, 7) is 7.31. The summed E-state index contributed by atoms with van der Waals surface area (Å²) < 4.78 is 2.10. The molecule has 2 aromatic heterocycles. The summed E-state index contributed by atoms with van der Waals surface area (Å²) in [5, 5.41) is 0. The summed E-state index contributed by atoms with van der Waals surface area (Å²) in [7, 11) is 0. The predicted molar refractivity (Wildman–Crippen MR) is 63.9 cm³/mol. The number of aryl methyl sites for hydroxylation is 2. The van der Waals surface area contributed by atoms with E-state index >= 15 is 0 Å². The third-order valence-corrected chi connectivity index (χ3v) is 2.68. The zero-order valence-electron chi connectivity index (χ0n) is 9.94. The molecule has 2 heterocycles. The minimum absolute atomic E-state index is 0.455. The van der Waals surface area contributed by atoms with Crippen molar-refractivity contribution in [2.75, 3.05) is 5.73 Å². The first-order valence-corrected chi connectivity index (χ1v) is 5.53. The summed E-state index contributed by atoms with van der Waals surface area (Å²) in [5.41, 5.74) is 7.32. The maximum Gasteiger partial charge on any atom is 0.165 e. The van der Waals surface area contributed by atoms with Gasteiger partial charge in [-0.05, 0) is 19.3 Å². The summed E-state index contributed by atoms with van der Waals surface area (Å²) in [5.74, 6) is 2.07. The number of nitrogen functional groups attached to an aromatic ring is 1. The molecule has 5 heteroatoms. The molecule has 0 radical (unpaired) electrons. The lowest BCUT2D eigenvalue weighted by molar-refractivity contribution is 0.515. The Labute approximate surface area is 94.7 Å². The van der Waals surface area contributed by atoms with Crippen molar-refractivity contribution >= 4 is 17.0 Å². The lowest BCUT2D eigenvalue weighted by atomic mass is 10.1. The van der Waals surface area contributed by atoms with Gasteiger partial charge < -0.3 is 10.3 Å². The minimum Gasteiger partial charge on any atom is -0.382 e. The van der Waals surface area contributed by atoms with Crippen molar-refractivity contribution in [1.29, 1.82) is 0 Å². The summed E-state index contributed by atoms with van der Waals surface area (Å²) in [4.78, 5) is 12.6. The molecule has 0 fully saturated rings. The molecular weight excluding hydrogens is 202 g/mol. The van der Waals surface area contributed by atoms with Crippen LogP contribution >= 0.6 is 0 Å². The highest BCUT2D eigenvalue weighted by molar-refractivity contribution is 5.81. The van der Waals surface area contributed by atoms with Crippen LogP contribution in [0, 0.1) is 12.8 Å². The topological polar surface area (TPSA) is 69.6 Å². The van der Waals surface area contributed by atoms with Crippen molar-refractivity contribution < 1.29 is 0 Å². The van der Waals surface area contributed by atoms with Crippen LogP contribution in [0.15, 0.2) is 6.33 Å². The molecule has 0 aliphatic carbocycles. The van der Waals surface area contributed by atoms with Crippen molar-refractivity contribution in [2.45, 2.75) is 33.7 Å². The number of aromatic nitrogens is 4. The van der Waals surface area contributed by atoms with E-state index in [-0.39, 0.29) is 0 Å². The quantitative estimate of drug-likeness (QED) is 0.854. The lowest BCUT2D eigenvalue weighted by Gasteiger charge is -2.07. The highest BCUT2D eigenvalue weighted by Crippen LogP contribution is 2.18. The Morgan fingerprint density at radius 3 is 2.81 bits per heavy atom. The molecule has 2 rings (SSSR count). The second-order valence-electron chi connectivity index (χ2n) is 4.42. The molecular formula is C11H17N5. The van der Waals surface area contributed by atoms with Crippen LogP contribution in [-0.2, 0) is 6.54 Å². The van der Waals surface area contributed by atoms with Gasteiger partial charge in [-0.3, -0.25) is 0 Å². The van der Waals surface area contributed by atoms with Gasteiger partial charge in [0, 0.05) is 6.54 Å². The molecule has 0 aromatic carbocycles. The van der Waals surface area contributed by atoms with Gasteiger partial charge >= 0.3 is 0 Å². The van der Waals surface area contributed by atoms with Crippen molar-refractivity contribution in [1.82, 2.24) is 19.5 Å². The zero-order chi connectivity index (χ0) is 11.7. The van der Waals surface area contributed by atoms with E-state index < -0.39 is 0 Å². The number of imidazole rings is 1. The number of anilines is 1. The Hall–Kier alpha value is -1.65. The molecule has 2 N–H and O–H groups in total. The number of hydrogen-bond acceptors (Lipinski definition) is 4. The number of nitrogens with zero attached hydrogens (tertiary/aromatic N) is 4. The van der Waals surface area contributed by atoms with Crippen LogP contribution in [0.1, 0.15) is 26.1 Å². The lowest BCUT2D eigenvalue weighted by Crippen LogP contribution is -2.04. The van der Waals surface area contributed by atoms with Crippen LogP contribution < -0.4 is 5.73 Å². The van der Waals surface area contributed by atoms with E-state index in [1.807, 2.05) is 6.92 Å². The molecule has 16 heavy (non-hydrogen) atoms. The van der Waals surface area contributed by atoms with Crippen LogP contribution in [0.2, 0.25) is 0 Å². The van der Waals surface area contributed by atoms with E-state index in [1.165, 1.54) is 6.33 Å². The maximum absolute atomic E-state index is 5.77. The largest absolute Gasteiger partial charge is 0.382 e. The molecule has 0 spiro atoms. The number of fused-ring (bicyclic) bond motifs is 1. The smallest absolute Gasteiger partial charge is 0.165 e. The number of rotatable bonds is 3. The fraction of sp³-hybridized carbons (Fsp3) is 0.545. The van der Waals surface area contributed by atoms with Gasteiger partial charge in [0.05, 0.1) is 0 Å². The standard InChI is InChI=1S/C11H17N5/c1-7(2)4-5-16-8(3)15-9-10(12)13-6-14-11(9)16/h6-7H,4-5H2,1-3H3,(H2,12,13,14). The number of hydrogen-bond donors (Lipinski definition) is 1. The van der Waals surface area contributed by atoms with Crippen LogP contribution in [0.5, 0.6) is 0 Å². The first kappa shape index (κ1) is 10.9. The molecule has 0 saturated heterocycles. The molecule has 86 valence electrons. The SMILES string of the molecule is Cc1nc2c(N)ncnc2n1CCC(C)C. The Morgan fingerprint density at radius 1 is 1.38 bits per heavy atom. The molecule has 0 aliphatic heterocycles. The molecule has 0 amide bonds. The van der Waals surface area contributed by atoms with Gasteiger partial charge in [-0.25, -0.2) is 15.0 Å². The second kappa shape index (κ2) is 4.08. The van der Waals surface area contributed by atoms with Crippen LogP contribution in [0.3, 0.4) is 0 Å². The normalized spacial score (nSPS) is 11.5. The second-order valence-corrected chi connectivity index (χ2v) is 4.42. The highest BCUT2D eigenvalue weighted by Gasteiger charge is 2.11. The van der Waals surface area contributed by atoms with Gasteiger partial charge in [-0.2, -0.15) is 0 Å². The molecule has 0 bridgehead atoms. The third kappa shape index (κ3) is 1.85. The van der Waals surface area contributed by atoms with Gasteiger partial charge in [0.15, 0.2) is 17.0 Å². The van der Waals surface area contributed by atoms with Gasteiger partial charge in [0.1, 0.15) is 12.2 Å². The molecule has 0 aliphatic rings. The molecule has 0 atom stereocenters. The van der Waals surface area contributed by atoms with Crippen LogP contribution in [-0.4, -0.2) is 19.5 Å². The minimum atomic E-state index is 0.455. The van der Waals surface area contributed by atoms with Crippen LogP contribution in [0.25, 0.3) is 11.2 Å².